The molecule has 1 atom stereocenters. The zero-order valence-corrected chi connectivity index (χ0v) is 17.4. The topological polar surface area (TPSA) is 113 Å². The SMILES string of the molecule is Cc1ccc(C)c(C2C(C#N)=C(N)N(c3cccc([N+](=O)[O-])c3)C3=C2C(=O)CCC3)c1. The Bertz CT molecular complexity index is 1220. The molecule has 2 aromatic carbocycles. The van der Waals surface area contributed by atoms with Crippen molar-refractivity contribution >= 4 is 17.2 Å². The van der Waals surface area contributed by atoms with Gasteiger partial charge in [-0.1, -0.05) is 29.8 Å². The Labute approximate surface area is 180 Å². The highest BCUT2D eigenvalue weighted by molar-refractivity contribution is 6.01. The van der Waals surface area contributed by atoms with Gasteiger partial charge in [0.25, 0.3) is 5.69 Å². The van der Waals surface area contributed by atoms with E-state index in [1.165, 1.54) is 12.1 Å². The molecule has 0 fully saturated rings. The van der Waals surface area contributed by atoms with Gasteiger partial charge in [-0.15, -0.1) is 0 Å². The summed E-state index contributed by atoms with van der Waals surface area (Å²) in [6.45, 7) is 3.93. The summed E-state index contributed by atoms with van der Waals surface area (Å²) in [5, 5.41) is 21.4. The maximum absolute atomic E-state index is 13.2. The van der Waals surface area contributed by atoms with Gasteiger partial charge >= 0.3 is 0 Å². The van der Waals surface area contributed by atoms with Crippen LogP contribution >= 0.6 is 0 Å². The van der Waals surface area contributed by atoms with Crippen molar-refractivity contribution in [3.05, 3.63) is 91.9 Å². The lowest BCUT2D eigenvalue weighted by Gasteiger charge is -2.40. The second-order valence-electron chi connectivity index (χ2n) is 7.95. The van der Waals surface area contributed by atoms with Gasteiger partial charge in [-0.05, 0) is 43.9 Å². The monoisotopic (exact) mass is 414 g/mol. The minimum atomic E-state index is -0.539. The van der Waals surface area contributed by atoms with Crippen molar-refractivity contribution in [2.75, 3.05) is 4.90 Å². The third-order valence-electron chi connectivity index (χ3n) is 5.96. The van der Waals surface area contributed by atoms with Crippen LogP contribution in [0.15, 0.2) is 65.1 Å². The number of allylic oxidation sites excluding steroid dienone is 3. The number of non-ortho nitro benzene ring substituents is 1. The van der Waals surface area contributed by atoms with Crippen LogP contribution < -0.4 is 10.6 Å². The largest absolute Gasteiger partial charge is 0.384 e. The van der Waals surface area contributed by atoms with Gasteiger partial charge in [0, 0.05) is 29.8 Å². The summed E-state index contributed by atoms with van der Waals surface area (Å²) < 4.78 is 0. The molecule has 1 heterocycles. The van der Waals surface area contributed by atoms with Crippen LogP contribution in [0.3, 0.4) is 0 Å². The molecule has 7 heteroatoms. The van der Waals surface area contributed by atoms with E-state index >= 15 is 0 Å². The van der Waals surface area contributed by atoms with Crippen molar-refractivity contribution < 1.29 is 9.72 Å². The summed E-state index contributed by atoms with van der Waals surface area (Å²) in [5.74, 6) is -0.340. The predicted molar refractivity (Wildman–Crippen MR) is 117 cm³/mol. The Kier molecular flexibility index (Phi) is 5.07. The Morgan fingerprint density at radius 3 is 2.68 bits per heavy atom. The zero-order valence-electron chi connectivity index (χ0n) is 17.4. The Balaban J connectivity index is 2.00. The average molecular weight is 414 g/mol. The quantitative estimate of drug-likeness (QED) is 0.584. The van der Waals surface area contributed by atoms with E-state index in [1.807, 2.05) is 32.0 Å². The van der Waals surface area contributed by atoms with Crippen LogP contribution in [0, 0.1) is 35.3 Å². The third-order valence-corrected chi connectivity index (χ3v) is 5.96. The molecule has 0 spiro atoms. The third kappa shape index (κ3) is 3.36. The van der Waals surface area contributed by atoms with E-state index in [2.05, 4.69) is 6.07 Å². The first-order chi connectivity index (χ1) is 14.8. The smallest absolute Gasteiger partial charge is 0.271 e. The lowest BCUT2D eigenvalue weighted by Crippen LogP contribution is -2.38. The number of hydrogen-bond donors (Lipinski definition) is 1. The number of anilines is 1. The molecule has 0 saturated carbocycles. The summed E-state index contributed by atoms with van der Waals surface area (Å²) in [6, 6.07) is 14.3. The molecule has 0 aromatic heterocycles. The van der Waals surface area contributed by atoms with Crippen LogP contribution in [0.25, 0.3) is 0 Å². The highest BCUT2D eigenvalue weighted by atomic mass is 16.6. The van der Waals surface area contributed by atoms with Crippen molar-refractivity contribution in [1.29, 1.82) is 5.26 Å². The number of aryl methyl sites for hydroxylation is 2. The number of nitro benzene ring substituents is 1. The Morgan fingerprint density at radius 2 is 1.97 bits per heavy atom. The first-order valence-corrected chi connectivity index (χ1v) is 10.1. The molecule has 4 rings (SSSR count). The van der Waals surface area contributed by atoms with Gasteiger partial charge in [0.2, 0.25) is 0 Å². The second kappa shape index (κ2) is 7.73. The lowest BCUT2D eigenvalue weighted by atomic mass is 9.74. The molecule has 1 aliphatic carbocycles. The maximum atomic E-state index is 13.2. The van der Waals surface area contributed by atoms with Crippen LogP contribution in [0.1, 0.15) is 41.9 Å². The summed E-state index contributed by atoms with van der Waals surface area (Å²) in [6.07, 6.45) is 1.67. The van der Waals surface area contributed by atoms with Crippen molar-refractivity contribution in [2.24, 2.45) is 5.73 Å². The standard InChI is InChI=1S/C24H22N4O3/c1-14-9-10-15(2)18(11-14)22-19(13-25)24(26)27(20-7-4-8-21(29)23(20)22)16-5-3-6-17(12-16)28(30)31/h3,5-6,9-12,22H,4,7-8,26H2,1-2H3. The molecular formula is C24H22N4O3. The average Bonchev–Trinajstić information content (AvgIpc) is 2.75. The van der Waals surface area contributed by atoms with E-state index in [9.17, 15) is 20.2 Å². The molecule has 2 N–H and O–H groups in total. The fourth-order valence-electron chi connectivity index (χ4n) is 4.51. The molecule has 0 bridgehead atoms. The normalized spacial score (nSPS) is 18.7. The maximum Gasteiger partial charge on any atom is 0.271 e. The number of rotatable bonds is 3. The van der Waals surface area contributed by atoms with Gasteiger partial charge in [-0.25, -0.2) is 0 Å². The molecule has 0 radical (unpaired) electrons. The molecule has 2 aliphatic rings. The van der Waals surface area contributed by atoms with E-state index in [-0.39, 0.29) is 22.9 Å². The van der Waals surface area contributed by atoms with Crippen LogP contribution in [-0.4, -0.2) is 10.7 Å². The molecule has 1 unspecified atom stereocenters. The van der Waals surface area contributed by atoms with Crippen LogP contribution in [-0.2, 0) is 4.79 Å². The number of carbonyl (C=O) groups excluding carboxylic acids is 1. The molecular weight excluding hydrogens is 392 g/mol. The van der Waals surface area contributed by atoms with E-state index in [4.69, 9.17) is 5.73 Å². The van der Waals surface area contributed by atoms with E-state index < -0.39 is 10.8 Å². The minimum absolute atomic E-state index is 0.0113. The number of ketones is 1. The number of hydrogen-bond acceptors (Lipinski definition) is 6. The lowest BCUT2D eigenvalue weighted by molar-refractivity contribution is -0.384. The summed E-state index contributed by atoms with van der Waals surface area (Å²) in [4.78, 5) is 25.6. The van der Waals surface area contributed by atoms with Crippen LogP contribution in [0.2, 0.25) is 0 Å². The number of Topliss-reactive ketones (excluding diaryl/α,β-unsaturated/α-hetero) is 1. The van der Waals surface area contributed by atoms with Crippen LogP contribution in [0.5, 0.6) is 0 Å². The molecule has 1 aliphatic heterocycles. The van der Waals surface area contributed by atoms with Gasteiger partial charge in [-0.2, -0.15) is 5.26 Å². The van der Waals surface area contributed by atoms with Crippen molar-refractivity contribution in [2.45, 2.75) is 39.0 Å². The predicted octanol–water partition coefficient (Wildman–Crippen LogP) is 4.52. The molecule has 7 nitrogen and oxygen atoms in total. The number of nitrogens with two attached hydrogens (primary N) is 1. The number of nitriles is 1. The van der Waals surface area contributed by atoms with Crippen molar-refractivity contribution in [1.82, 2.24) is 0 Å². The Morgan fingerprint density at radius 1 is 1.19 bits per heavy atom. The zero-order chi connectivity index (χ0) is 22.3. The summed E-state index contributed by atoms with van der Waals surface area (Å²) in [5.41, 5.74) is 11.4. The summed E-state index contributed by atoms with van der Waals surface area (Å²) >= 11 is 0. The number of benzene rings is 2. The first kappa shape index (κ1) is 20.4. The Hall–Kier alpha value is -3.92. The number of nitro groups is 1. The van der Waals surface area contributed by atoms with Gasteiger partial charge < -0.3 is 5.73 Å². The second-order valence-corrected chi connectivity index (χ2v) is 7.95. The van der Waals surface area contributed by atoms with E-state index in [0.29, 0.717) is 30.5 Å². The van der Waals surface area contributed by atoms with E-state index in [1.54, 1.807) is 17.0 Å². The van der Waals surface area contributed by atoms with Gasteiger partial charge in [0.15, 0.2) is 5.78 Å². The first-order valence-electron chi connectivity index (χ1n) is 10.1. The highest BCUT2D eigenvalue weighted by Crippen LogP contribution is 2.47. The fourth-order valence-corrected chi connectivity index (χ4v) is 4.51. The molecule has 31 heavy (non-hydrogen) atoms. The van der Waals surface area contributed by atoms with Gasteiger partial charge in [0.05, 0.1) is 28.2 Å². The number of carbonyl (C=O) groups is 1. The fraction of sp³-hybridized carbons (Fsp3) is 0.250. The molecule has 0 amide bonds. The molecule has 2 aromatic rings. The van der Waals surface area contributed by atoms with Gasteiger partial charge in [0.1, 0.15) is 5.82 Å². The molecule has 156 valence electrons. The minimum Gasteiger partial charge on any atom is -0.384 e. The van der Waals surface area contributed by atoms with Crippen molar-refractivity contribution in [3.8, 4) is 6.07 Å². The number of nitrogens with zero attached hydrogens (tertiary/aromatic N) is 3. The highest BCUT2D eigenvalue weighted by Gasteiger charge is 2.41. The molecule has 0 saturated heterocycles. The van der Waals surface area contributed by atoms with Crippen LogP contribution in [0.4, 0.5) is 11.4 Å². The van der Waals surface area contributed by atoms with Gasteiger partial charge in [-0.3, -0.25) is 19.8 Å². The summed E-state index contributed by atoms with van der Waals surface area (Å²) in [7, 11) is 0. The van der Waals surface area contributed by atoms with E-state index in [0.717, 1.165) is 22.4 Å². The van der Waals surface area contributed by atoms with Crippen molar-refractivity contribution in [3.63, 3.8) is 0 Å².